The van der Waals surface area contributed by atoms with Gasteiger partial charge in [0.25, 0.3) is 11.8 Å². The number of imidazole rings is 1. The lowest BCUT2D eigenvalue weighted by atomic mass is 9.89. The van der Waals surface area contributed by atoms with Crippen molar-refractivity contribution in [2.24, 2.45) is 23.5 Å². The van der Waals surface area contributed by atoms with E-state index in [1.165, 1.54) is 26.9 Å². The lowest BCUT2D eigenvalue weighted by molar-refractivity contribution is -0.137. The number of amides is 10. The van der Waals surface area contributed by atoms with Crippen molar-refractivity contribution in [1.29, 1.82) is 0 Å². The van der Waals surface area contributed by atoms with Gasteiger partial charge in [0.05, 0.1) is 43.6 Å². The number of nitrogens with one attached hydrogen (secondary N) is 4. The number of urea groups is 2. The lowest BCUT2D eigenvalue weighted by Gasteiger charge is -2.41. The first-order chi connectivity index (χ1) is 41.7. The standard InChI is InChI=1S/C61H76F3N11O12/c1-37(2)54(70-51(78)13-7-4-8-25-74-52(79)20-21-53(74)80)58(82)69-47(12-9-24-66-59(65)83)57(81)67-43-17-14-39(15-18-43)36-87-61(85)73-30-41(46(64)32-73)31-75(60(84)72-34-49(76)50(77)35-72)55(40-22-26-86-27-23-40)56-68-48(44-28-42(62)16-19-45(44)63)33-71(56)29-38-10-5-3-6-11-38/h3,5-6,10-11,14-21,28,33,37,40-41,46-47,49-50,54-55,76-77H,4,7-9,12-13,22-27,29-32,34-36H2,1-2H3,(H,67,81)(H,69,82)(H,70,78)(H3,65,66,83)/t41-,46-,47?,49-,50+,54?,55+/m0/s1. The van der Waals surface area contributed by atoms with E-state index in [1.807, 2.05) is 30.3 Å². The highest BCUT2D eigenvalue weighted by molar-refractivity contribution is 6.12. The molecule has 3 saturated heterocycles. The number of nitrogens with zero attached hydrogens (tertiary/aromatic N) is 6. The Labute approximate surface area is 501 Å². The summed E-state index contributed by atoms with van der Waals surface area (Å²) in [6.45, 7) is 3.14. The van der Waals surface area contributed by atoms with E-state index < -0.39 is 89.9 Å². The lowest BCUT2D eigenvalue weighted by Crippen LogP contribution is -2.54. The number of alkyl halides is 1. The molecule has 87 heavy (non-hydrogen) atoms. The highest BCUT2D eigenvalue weighted by atomic mass is 19.1. The molecule has 4 aliphatic rings. The smallest absolute Gasteiger partial charge is 0.410 e. The second kappa shape index (κ2) is 30.3. The summed E-state index contributed by atoms with van der Waals surface area (Å²) in [5.74, 6) is -5.21. The van der Waals surface area contributed by atoms with Crippen LogP contribution in [0.3, 0.4) is 0 Å². The van der Waals surface area contributed by atoms with Crippen LogP contribution in [0.1, 0.15) is 88.2 Å². The Morgan fingerprint density at radius 1 is 0.828 bits per heavy atom. The molecule has 0 aliphatic carbocycles. The summed E-state index contributed by atoms with van der Waals surface area (Å²) < 4.78 is 60.1. The van der Waals surface area contributed by atoms with E-state index in [4.69, 9.17) is 20.2 Å². The number of nitrogens with two attached hydrogens (primary N) is 1. The van der Waals surface area contributed by atoms with Crippen LogP contribution in [0.15, 0.2) is 91.1 Å². The molecule has 3 aromatic carbocycles. The predicted octanol–water partition coefficient (Wildman–Crippen LogP) is 4.91. The summed E-state index contributed by atoms with van der Waals surface area (Å²) in [5, 5.41) is 32.0. The number of aromatic nitrogens is 2. The quantitative estimate of drug-likeness (QED) is 0.0325. The number of benzene rings is 3. The summed E-state index contributed by atoms with van der Waals surface area (Å²) in [6, 6.07) is 14.2. The van der Waals surface area contributed by atoms with Crippen LogP contribution in [0.2, 0.25) is 0 Å². The third-order valence-corrected chi connectivity index (χ3v) is 16.0. The van der Waals surface area contributed by atoms with Crippen LogP contribution in [0.25, 0.3) is 11.3 Å². The number of aliphatic hydroxyl groups is 2. The number of unbranched alkanes of at least 4 members (excludes halogenated alkanes) is 2. The number of carbonyl (C=O) groups excluding carboxylic acids is 8. The molecule has 0 saturated carbocycles. The molecule has 23 nitrogen and oxygen atoms in total. The van der Waals surface area contributed by atoms with Crippen molar-refractivity contribution >= 4 is 53.4 Å². The summed E-state index contributed by atoms with van der Waals surface area (Å²) >= 11 is 0. The Balaban J connectivity index is 0.917. The molecule has 0 bridgehead atoms. The molecule has 3 fully saturated rings. The van der Waals surface area contributed by atoms with Gasteiger partial charge < -0.3 is 66.0 Å². The fourth-order valence-corrected chi connectivity index (χ4v) is 11.2. The Kier molecular flexibility index (Phi) is 22.5. The van der Waals surface area contributed by atoms with Crippen molar-refractivity contribution in [3.05, 3.63) is 120 Å². The first-order valence-electron chi connectivity index (χ1n) is 29.4. The number of imide groups is 1. The maximum Gasteiger partial charge on any atom is 0.410 e. The average molecular weight is 1210 g/mol. The fraction of sp³-hybridized carbons (Fsp3) is 0.492. The van der Waals surface area contributed by atoms with Crippen molar-refractivity contribution < 1.29 is 71.2 Å². The molecule has 26 heteroatoms. The van der Waals surface area contributed by atoms with Crippen LogP contribution < -0.4 is 27.0 Å². The Morgan fingerprint density at radius 2 is 1.53 bits per heavy atom. The number of anilines is 1. The molecule has 5 heterocycles. The van der Waals surface area contributed by atoms with Crippen molar-refractivity contribution in [2.75, 3.05) is 64.3 Å². The van der Waals surface area contributed by atoms with Crippen molar-refractivity contribution in [2.45, 2.75) is 115 Å². The number of β-amino-alcohol motifs (C(OH)–C–C–N with tert-alkyl or cyclic N) is 2. The zero-order chi connectivity index (χ0) is 62.3. The second-order valence-electron chi connectivity index (χ2n) is 22.8. The van der Waals surface area contributed by atoms with Crippen LogP contribution in [0.4, 0.5) is 33.2 Å². The zero-order valence-corrected chi connectivity index (χ0v) is 48.7. The number of rotatable bonds is 26. The van der Waals surface area contributed by atoms with Gasteiger partial charge in [0.1, 0.15) is 42.3 Å². The molecule has 4 aliphatic heterocycles. The average Bonchev–Trinajstić information content (AvgIpc) is 2.36. The van der Waals surface area contributed by atoms with Crippen molar-refractivity contribution in [3.8, 4) is 11.3 Å². The van der Waals surface area contributed by atoms with Crippen molar-refractivity contribution in [1.82, 2.24) is 45.1 Å². The number of carbonyl (C=O) groups is 8. The molecule has 468 valence electrons. The highest BCUT2D eigenvalue weighted by Crippen LogP contribution is 2.40. The summed E-state index contributed by atoms with van der Waals surface area (Å²) in [6.07, 6.45) is 1.75. The van der Waals surface area contributed by atoms with Gasteiger partial charge in [-0.15, -0.1) is 0 Å². The van der Waals surface area contributed by atoms with E-state index >= 15 is 13.6 Å². The van der Waals surface area contributed by atoms with Crippen LogP contribution in [0, 0.1) is 29.4 Å². The summed E-state index contributed by atoms with van der Waals surface area (Å²) in [4.78, 5) is 114. The minimum Gasteiger partial charge on any atom is -0.445 e. The zero-order valence-electron chi connectivity index (χ0n) is 48.7. The minimum absolute atomic E-state index is 0.0676. The van der Waals surface area contributed by atoms with Gasteiger partial charge in [0.15, 0.2) is 0 Å². The number of halogens is 3. The first kappa shape index (κ1) is 64.6. The molecule has 1 aromatic heterocycles. The topological polar surface area (TPSA) is 300 Å². The number of hydrogen-bond donors (Lipinski definition) is 7. The number of primary amides is 1. The summed E-state index contributed by atoms with van der Waals surface area (Å²) in [5.41, 5.74) is 6.86. The number of aliphatic hydroxyl groups excluding tert-OH is 2. The first-order valence-corrected chi connectivity index (χ1v) is 29.4. The largest absolute Gasteiger partial charge is 0.445 e. The molecular formula is C61H76F3N11O12. The van der Waals surface area contributed by atoms with E-state index in [2.05, 4.69) is 21.3 Å². The Morgan fingerprint density at radius 3 is 2.21 bits per heavy atom. The maximum absolute atomic E-state index is 16.6. The fourth-order valence-electron chi connectivity index (χ4n) is 11.2. The molecule has 8 N–H and O–H groups in total. The second-order valence-corrected chi connectivity index (χ2v) is 22.8. The normalized spacial score (nSPS) is 19.7. The molecule has 2 unspecified atom stereocenters. The molecule has 7 atom stereocenters. The van der Waals surface area contributed by atoms with Gasteiger partial charge >= 0.3 is 18.2 Å². The molecular weight excluding hydrogens is 1140 g/mol. The third-order valence-electron chi connectivity index (χ3n) is 16.0. The number of hydrogen-bond acceptors (Lipinski definition) is 13. The Bertz CT molecular complexity index is 3080. The van der Waals surface area contributed by atoms with E-state index in [0.29, 0.717) is 62.4 Å². The van der Waals surface area contributed by atoms with Gasteiger partial charge in [0, 0.05) is 87.9 Å². The van der Waals surface area contributed by atoms with Gasteiger partial charge in [-0.3, -0.25) is 28.9 Å². The Hall–Kier alpha value is -8.36. The maximum atomic E-state index is 16.6. The monoisotopic (exact) mass is 1210 g/mol. The van der Waals surface area contributed by atoms with Crippen LogP contribution >= 0.6 is 0 Å². The van der Waals surface area contributed by atoms with Gasteiger partial charge in [0.2, 0.25) is 17.7 Å². The molecule has 0 spiro atoms. The molecule has 4 aromatic rings. The third kappa shape index (κ3) is 17.4. The molecule has 0 radical (unpaired) electrons. The molecule has 8 rings (SSSR count). The van der Waals surface area contributed by atoms with E-state index in [-0.39, 0.29) is 113 Å². The molecule has 10 amide bonds. The highest BCUT2D eigenvalue weighted by Gasteiger charge is 2.46. The number of likely N-dealkylation sites (tertiary alicyclic amines) is 2. The minimum atomic E-state index is -1.65. The van der Waals surface area contributed by atoms with Crippen LogP contribution in [0.5, 0.6) is 0 Å². The van der Waals surface area contributed by atoms with E-state index in [0.717, 1.165) is 28.7 Å². The van der Waals surface area contributed by atoms with E-state index in [9.17, 15) is 48.2 Å². The van der Waals surface area contributed by atoms with Gasteiger partial charge in [-0.2, -0.15) is 0 Å². The predicted molar refractivity (Wildman–Crippen MR) is 310 cm³/mol. The van der Waals surface area contributed by atoms with Crippen LogP contribution in [-0.2, 0) is 46.6 Å². The van der Waals surface area contributed by atoms with Gasteiger partial charge in [-0.05, 0) is 91.8 Å². The van der Waals surface area contributed by atoms with Crippen LogP contribution in [-0.4, -0.2) is 177 Å². The number of ether oxygens (including phenoxy) is 2. The SMILES string of the molecule is CC(C)C(NC(=O)CCCCCN1C(=O)C=CC1=O)C(=O)NC(CCCNC(N)=O)C(=O)Nc1ccc(COC(=O)N2C[C@@H](CN(C(=O)N3C[C@@H](O)[C@@H](O)C3)[C@@H](c3nc(-c4cc(F)ccc4F)cn3Cc3ccccc3)C3CCOCC3)[C@@H](F)C2)cc1. The van der Waals surface area contributed by atoms with Crippen molar-refractivity contribution in [3.63, 3.8) is 0 Å². The van der Waals surface area contributed by atoms with E-state index in [1.54, 1.807) is 48.9 Å². The van der Waals surface area contributed by atoms with Gasteiger partial charge in [-0.25, -0.2) is 32.5 Å². The summed E-state index contributed by atoms with van der Waals surface area (Å²) in [7, 11) is 0. The van der Waals surface area contributed by atoms with Gasteiger partial charge in [-0.1, -0.05) is 62.7 Å².